The van der Waals surface area contributed by atoms with Gasteiger partial charge in [-0.05, 0) is 12.8 Å². The Bertz CT molecular complexity index is 252. The Balaban J connectivity index is 3.14. The van der Waals surface area contributed by atoms with Crippen molar-refractivity contribution in [3.63, 3.8) is 0 Å². The number of nitrogens with zero attached hydrogens (tertiary/aromatic N) is 1. The second kappa shape index (κ2) is 18.7. The number of aliphatic hydroxyl groups excluding tert-OH is 1. The van der Waals surface area contributed by atoms with Crippen molar-refractivity contribution < 1.29 is 9.59 Å². The van der Waals surface area contributed by atoms with E-state index < -0.39 is 0 Å². The summed E-state index contributed by atoms with van der Waals surface area (Å²) in [6.07, 6.45) is 23.9. The predicted octanol–water partition coefficient (Wildman–Crippen LogP) is 6.71. The van der Waals surface area contributed by atoms with Crippen molar-refractivity contribution in [1.29, 1.82) is 0 Å². The van der Waals surface area contributed by atoms with E-state index in [4.69, 9.17) is 5.11 Å². The number of aliphatic hydroxyl groups is 1. The zero-order valence-corrected chi connectivity index (χ0v) is 18.0. The molecule has 152 valence electrons. The molecule has 0 aromatic rings. The summed E-state index contributed by atoms with van der Waals surface area (Å²) in [5.41, 5.74) is 0. The van der Waals surface area contributed by atoms with Crippen molar-refractivity contribution >= 4 is 0 Å². The maximum absolute atomic E-state index is 8.93. The number of quaternary nitrogens is 1. The zero-order chi connectivity index (χ0) is 18.6. The van der Waals surface area contributed by atoms with Gasteiger partial charge in [0.1, 0.15) is 0 Å². The molecule has 0 aliphatic carbocycles. The van der Waals surface area contributed by atoms with Gasteiger partial charge in [-0.15, -0.1) is 0 Å². The van der Waals surface area contributed by atoms with Crippen LogP contribution in [-0.2, 0) is 0 Å². The van der Waals surface area contributed by atoms with Gasteiger partial charge in [0.25, 0.3) is 0 Å². The van der Waals surface area contributed by atoms with Crippen LogP contribution >= 0.6 is 0 Å². The molecule has 0 fully saturated rings. The molecule has 0 amide bonds. The van der Waals surface area contributed by atoms with Gasteiger partial charge in [0.2, 0.25) is 0 Å². The van der Waals surface area contributed by atoms with E-state index in [0.29, 0.717) is 6.61 Å². The molecule has 0 atom stereocenters. The molecule has 0 saturated carbocycles. The number of rotatable bonds is 20. The van der Waals surface area contributed by atoms with Crippen molar-refractivity contribution in [2.75, 3.05) is 33.8 Å². The highest BCUT2D eigenvalue weighted by Gasteiger charge is 2.12. The largest absolute Gasteiger partial charge is 0.396 e. The highest BCUT2D eigenvalue weighted by Crippen LogP contribution is 2.14. The van der Waals surface area contributed by atoms with Gasteiger partial charge in [-0.2, -0.15) is 0 Å². The molecule has 0 radical (unpaired) electrons. The Hall–Kier alpha value is -0.0800. The summed E-state index contributed by atoms with van der Waals surface area (Å²) >= 11 is 0. The van der Waals surface area contributed by atoms with E-state index in [-0.39, 0.29) is 0 Å². The summed E-state index contributed by atoms with van der Waals surface area (Å²) in [5.74, 6) is 0. The minimum Gasteiger partial charge on any atom is -0.396 e. The third kappa shape index (κ3) is 20.1. The van der Waals surface area contributed by atoms with Crippen LogP contribution in [0.1, 0.15) is 116 Å². The second-order valence-electron chi connectivity index (χ2n) is 8.76. The molecule has 0 aromatic heterocycles. The van der Waals surface area contributed by atoms with Gasteiger partial charge in [0, 0.05) is 13.0 Å². The molecule has 0 bridgehead atoms. The first kappa shape index (κ1) is 24.9. The third-order valence-electron chi connectivity index (χ3n) is 5.54. The minimum atomic E-state index is 0.334. The highest BCUT2D eigenvalue weighted by atomic mass is 16.3. The lowest BCUT2D eigenvalue weighted by Gasteiger charge is -2.29. The molecule has 0 rings (SSSR count). The lowest BCUT2D eigenvalue weighted by Crippen LogP contribution is -2.41. The SMILES string of the molecule is CCCCCCCCCCCCCCCCCC[N+](C)(C)CCCO. The maximum Gasteiger partial charge on any atom is 0.0804 e. The van der Waals surface area contributed by atoms with Crippen LogP contribution in [0.3, 0.4) is 0 Å². The molecule has 0 saturated heterocycles. The molecule has 25 heavy (non-hydrogen) atoms. The van der Waals surface area contributed by atoms with Gasteiger partial charge in [-0.25, -0.2) is 0 Å². The van der Waals surface area contributed by atoms with E-state index in [2.05, 4.69) is 21.0 Å². The van der Waals surface area contributed by atoms with Crippen molar-refractivity contribution in [3.05, 3.63) is 0 Å². The van der Waals surface area contributed by atoms with Crippen LogP contribution < -0.4 is 0 Å². The fourth-order valence-electron chi connectivity index (χ4n) is 3.70. The average molecular weight is 357 g/mol. The van der Waals surface area contributed by atoms with Crippen LogP contribution in [0.5, 0.6) is 0 Å². The first-order valence-corrected chi connectivity index (χ1v) is 11.6. The highest BCUT2D eigenvalue weighted by molar-refractivity contribution is 4.50. The third-order valence-corrected chi connectivity index (χ3v) is 5.54. The summed E-state index contributed by atoms with van der Waals surface area (Å²) in [4.78, 5) is 0. The molecular formula is C23H50NO+. The normalized spacial score (nSPS) is 12.0. The number of unbranched alkanes of at least 4 members (excludes halogenated alkanes) is 15. The molecule has 2 nitrogen and oxygen atoms in total. The van der Waals surface area contributed by atoms with Gasteiger partial charge in [0.05, 0.1) is 27.2 Å². The van der Waals surface area contributed by atoms with Gasteiger partial charge < -0.3 is 9.59 Å². The summed E-state index contributed by atoms with van der Waals surface area (Å²) in [7, 11) is 4.59. The van der Waals surface area contributed by atoms with Gasteiger partial charge in [0.15, 0.2) is 0 Å². The molecule has 2 heteroatoms. The van der Waals surface area contributed by atoms with Crippen LogP contribution in [0.4, 0.5) is 0 Å². The maximum atomic E-state index is 8.93. The Kier molecular flexibility index (Phi) is 18.6. The Labute approximate surface area is 160 Å². The molecule has 0 aliphatic heterocycles. The van der Waals surface area contributed by atoms with Crippen molar-refractivity contribution in [2.24, 2.45) is 0 Å². The van der Waals surface area contributed by atoms with Crippen LogP contribution in [0.2, 0.25) is 0 Å². The Morgan fingerprint density at radius 2 is 0.800 bits per heavy atom. The Morgan fingerprint density at radius 1 is 0.480 bits per heavy atom. The molecule has 0 aromatic carbocycles. The van der Waals surface area contributed by atoms with Gasteiger partial charge in [-0.3, -0.25) is 0 Å². The Morgan fingerprint density at radius 3 is 1.16 bits per heavy atom. The lowest BCUT2D eigenvalue weighted by atomic mass is 10.0. The smallest absolute Gasteiger partial charge is 0.0804 e. The molecule has 0 spiro atoms. The fraction of sp³-hybridized carbons (Fsp3) is 1.00. The predicted molar refractivity (Wildman–Crippen MR) is 113 cm³/mol. The van der Waals surface area contributed by atoms with E-state index in [0.717, 1.165) is 17.4 Å². The van der Waals surface area contributed by atoms with E-state index >= 15 is 0 Å². The van der Waals surface area contributed by atoms with Crippen LogP contribution in [0, 0.1) is 0 Å². The summed E-state index contributed by atoms with van der Waals surface area (Å²) in [6, 6.07) is 0. The van der Waals surface area contributed by atoms with E-state index in [9.17, 15) is 0 Å². The van der Waals surface area contributed by atoms with Crippen LogP contribution in [-0.4, -0.2) is 43.4 Å². The fourth-order valence-corrected chi connectivity index (χ4v) is 3.70. The van der Waals surface area contributed by atoms with E-state index in [1.54, 1.807) is 0 Å². The van der Waals surface area contributed by atoms with E-state index in [1.165, 1.54) is 109 Å². The molecule has 0 unspecified atom stereocenters. The van der Waals surface area contributed by atoms with Gasteiger partial charge in [-0.1, -0.05) is 96.8 Å². The quantitative estimate of drug-likeness (QED) is 0.190. The second-order valence-corrected chi connectivity index (χ2v) is 8.76. The molecule has 0 aliphatic rings. The summed E-state index contributed by atoms with van der Waals surface area (Å²) in [6.45, 7) is 5.00. The van der Waals surface area contributed by atoms with Crippen molar-refractivity contribution in [3.8, 4) is 0 Å². The zero-order valence-electron chi connectivity index (χ0n) is 18.0. The van der Waals surface area contributed by atoms with E-state index in [1.807, 2.05) is 0 Å². The average Bonchev–Trinajstić information content (AvgIpc) is 2.59. The number of hydrogen-bond donors (Lipinski definition) is 1. The first-order valence-electron chi connectivity index (χ1n) is 11.6. The minimum absolute atomic E-state index is 0.334. The monoisotopic (exact) mass is 356 g/mol. The van der Waals surface area contributed by atoms with Crippen LogP contribution in [0.25, 0.3) is 0 Å². The number of hydrogen-bond acceptors (Lipinski definition) is 1. The van der Waals surface area contributed by atoms with Crippen molar-refractivity contribution in [1.82, 2.24) is 0 Å². The first-order chi connectivity index (χ1) is 12.1. The van der Waals surface area contributed by atoms with Crippen molar-refractivity contribution in [2.45, 2.75) is 116 Å². The topological polar surface area (TPSA) is 20.2 Å². The molecule has 1 N–H and O–H groups in total. The molecule has 0 heterocycles. The van der Waals surface area contributed by atoms with Crippen LogP contribution in [0.15, 0.2) is 0 Å². The lowest BCUT2D eigenvalue weighted by molar-refractivity contribution is -0.890. The summed E-state index contributed by atoms with van der Waals surface area (Å²) < 4.78 is 1.07. The van der Waals surface area contributed by atoms with Gasteiger partial charge >= 0.3 is 0 Å². The standard InChI is InChI=1S/C23H50NO/c1-4-5-6-7-8-9-10-11-12-13-14-15-16-17-18-19-21-24(2,3)22-20-23-25/h25H,4-23H2,1-3H3/q+1. The summed E-state index contributed by atoms with van der Waals surface area (Å²) in [5, 5.41) is 8.93. The molecular weight excluding hydrogens is 306 g/mol.